The van der Waals surface area contributed by atoms with Gasteiger partial charge in [0, 0.05) is 18.9 Å². The molecule has 1 atom stereocenters. The van der Waals surface area contributed by atoms with Crippen molar-refractivity contribution in [2.75, 3.05) is 0 Å². The SMILES string of the molecule is CCC(CC(N)=NO)NC(=O)CC1CCCCCC1. The maximum atomic E-state index is 12.0. The molecule has 5 nitrogen and oxygen atoms in total. The van der Waals surface area contributed by atoms with Gasteiger partial charge in [-0.15, -0.1) is 0 Å². The first-order valence-electron chi connectivity index (χ1n) is 7.41. The summed E-state index contributed by atoms with van der Waals surface area (Å²) in [7, 11) is 0. The topological polar surface area (TPSA) is 87.7 Å². The lowest BCUT2D eigenvalue weighted by Gasteiger charge is -2.19. The fraction of sp³-hybridized carbons (Fsp3) is 0.857. The molecule has 0 bridgehead atoms. The maximum Gasteiger partial charge on any atom is 0.220 e. The van der Waals surface area contributed by atoms with Crippen LogP contribution in [-0.2, 0) is 4.79 Å². The zero-order chi connectivity index (χ0) is 14.1. The number of oxime groups is 1. The van der Waals surface area contributed by atoms with Gasteiger partial charge in [-0.2, -0.15) is 0 Å². The molecule has 0 aromatic rings. The number of hydrogen-bond acceptors (Lipinski definition) is 3. The molecule has 1 aliphatic rings. The molecule has 4 N–H and O–H groups in total. The van der Waals surface area contributed by atoms with Crippen molar-refractivity contribution >= 4 is 11.7 Å². The molecular formula is C14H27N3O2. The van der Waals surface area contributed by atoms with Crippen molar-refractivity contribution < 1.29 is 10.0 Å². The van der Waals surface area contributed by atoms with E-state index in [1.807, 2.05) is 6.92 Å². The Balaban J connectivity index is 2.35. The van der Waals surface area contributed by atoms with Crippen molar-refractivity contribution in [1.29, 1.82) is 0 Å². The summed E-state index contributed by atoms with van der Waals surface area (Å²) in [6.45, 7) is 1.99. The minimum Gasteiger partial charge on any atom is -0.409 e. The summed E-state index contributed by atoms with van der Waals surface area (Å²) >= 11 is 0. The molecule has 1 aliphatic carbocycles. The fourth-order valence-electron chi connectivity index (χ4n) is 2.71. The van der Waals surface area contributed by atoms with Crippen LogP contribution in [0, 0.1) is 5.92 Å². The molecule has 1 rings (SSSR count). The molecule has 0 aromatic carbocycles. The van der Waals surface area contributed by atoms with E-state index in [-0.39, 0.29) is 17.8 Å². The highest BCUT2D eigenvalue weighted by Gasteiger charge is 2.18. The van der Waals surface area contributed by atoms with Crippen LogP contribution >= 0.6 is 0 Å². The van der Waals surface area contributed by atoms with Gasteiger partial charge < -0.3 is 16.3 Å². The molecular weight excluding hydrogens is 242 g/mol. The van der Waals surface area contributed by atoms with E-state index in [1.165, 1.54) is 38.5 Å². The predicted octanol–water partition coefficient (Wildman–Crippen LogP) is 2.38. The average molecular weight is 269 g/mol. The van der Waals surface area contributed by atoms with Crippen molar-refractivity contribution in [2.24, 2.45) is 16.8 Å². The van der Waals surface area contributed by atoms with Crippen LogP contribution in [0.15, 0.2) is 5.16 Å². The quantitative estimate of drug-likeness (QED) is 0.227. The Morgan fingerprint density at radius 1 is 1.37 bits per heavy atom. The number of hydrogen-bond donors (Lipinski definition) is 3. The number of nitrogens with zero attached hydrogens (tertiary/aromatic N) is 1. The molecule has 1 fully saturated rings. The Hall–Kier alpha value is -1.26. The van der Waals surface area contributed by atoms with Gasteiger partial charge in [-0.25, -0.2) is 0 Å². The van der Waals surface area contributed by atoms with Crippen LogP contribution in [0.2, 0.25) is 0 Å². The molecule has 0 spiro atoms. The smallest absolute Gasteiger partial charge is 0.220 e. The van der Waals surface area contributed by atoms with Gasteiger partial charge in [0.2, 0.25) is 5.91 Å². The first kappa shape index (κ1) is 15.8. The molecule has 1 saturated carbocycles. The molecule has 0 radical (unpaired) electrons. The molecule has 19 heavy (non-hydrogen) atoms. The summed E-state index contributed by atoms with van der Waals surface area (Å²) in [6.07, 6.45) is 9.26. The van der Waals surface area contributed by atoms with Crippen LogP contribution in [0.4, 0.5) is 0 Å². The van der Waals surface area contributed by atoms with Gasteiger partial charge in [-0.05, 0) is 25.2 Å². The molecule has 0 heterocycles. The maximum absolute atomic E-state index is 12.0. The molecule has 110 valence electrons. The first-order chi connectivity index (χ1) is 9.15. The van der Waals surface area contributed by atoms with Gasteiger partial charge in [-0.1, -0.05) is 37.8 Å². The van der Waals surface area contributed by atoms with E-state index in [9.17, 15) is 4.79 Å². The van der Waals surface area contributed by atoms with Crippen molar-refractivity contribution in [2.45, 2.75) is 70.8 Å². The Bertz CT molecular complexity index is 297. The Morgan fingerprint density at radius 3 is 2.53 bits per heavy atom. The number of amides is 1. The summed E-state index contributed by atoms with van der Waals surface area (Å²) in [6, 6.07) is -0.0332. The van der Waals surface area contributed by atoms with Crippen molar-refractivity contribution in [3.8, 4) is 0 Å². The molecule has 0 aliphatic heterocycles. The van der Waals surface area contributed by atoms with Gasteiger partial charge in [0.15, 0.2) is 0 Å². The van der Waals surface area contributed by atoms with Crippen LogP contribution in [0.25, 0.3) is 0 Å². The number of nitrogens with two attached hydrogens (primary N) is 1. The van der Waals surface area contributed by atoms with Gasteiger partial charge >= 0.3 is 0 Å². The van der Waals surface area contributed by atoms with E-state index in [2.05, 4.69) is 10.5 Å². The summed E-state index contributed by atoms with van der Waals surface area (Å²) in [4.78, 5) is 12.0. The third kappa shape index (κ3) is 6.45. The summed E-state index contributed by atoms with van der Waals surface area (Å²) < 4.78 is 0. The van der Waals surface area contributed by atoms with Crippen LogP contribution in [0.1, 0.15) is 64.7 Å². The van der Waals surface area contributed by atoms with E-state index in [4.69, 9.17) is 10.9 Å². The molecule has 5 heteroatoms. The number of carbonyl (C=O) groups is 1. The van der Waals surface area contributed by atoms with Crippen LogP contribution in [0.5, 0.6) is 0 Å². The normalized spacial score (nSPS) is 19.7. The van der Waals surface area contributed by atoms with Gasteiger partial charge in [-0.3, -0.25) is 4.79 Å². The second kappa shape index (κ2) is 8.77. The van der Waals surface area contributed by atoms with E-state index in [1.54, 1.807) is 0 Å². The van der Waals surface area contributed by atoms with Gasteiger partial charge in [0.1, 0.15) is 5.84 Å². The second-order valence-corrected chi connectivity index (χ2v) is 5.53. The van der Waals surface area contributed by atoms with Crippen LogP contribution < -0.4 is 11.1 Å². The lowest BCUT2D eigenvalue weighted by molar-refractivity contribution is -0.122. The lowest BCUT2D eigenvalue weighted by Crippen LogP contribution is -2.38. The number of nitrogens with one attached hydrogen (secondary N) is 1. The van der Waals surface area contributed by atoms with Gasteiger partial charge in [0.25, 0.3) is 0 Å². The third-order valence-corrected chi connectivity index (χ3v) is 3.89. The molecule has 0 aromatic heterocycles. The first-order valence-corrected chi connectivity index (χ1v) is 7.41. The third-order valence-electron chi connectivity index (χ3n) is 3.89. The van der Waals surface area contributed by atoms with E-state index in [0.29, 0.717) is 18.8 Å². The fourth-order valence-corrected chi connectivity index (χ4v) is 2.71. The predicted molar refractivity (Wildman–Crippen MR) is 76.1 cm³/mol. The Kier molecular flexibility index (Phi) is 7.30. The number of rotatable bonds is 6. The standard InChI is InChI=1S/C14H27N3O2/c1-2-12(10-13(15)17-19)16-14(18)9-11-7-5-3-4-6-8-11/h11-12,19H,2-10H2,1H3,(H2,15,17)(H,16,18). The van der Waals surface area contributed by atoms with Crippen molar-refractivity contribution in [3.63, 3.8) is 0 Å². The van der Waals surface area contributed by atoms with Gasteiger partial charge in [0.05, 0.1) is 0 Å². The Labute approximate surface area is 115 Å². The minimum atomic E-state index is -0.0332. The average Bonchev–Trinajstić information content (AvgIpc) is 2.66. The number of amidine groups is 1. The highest BCUT2D eigenvalue weighted by molar-refractivity contribution is 5.82. The zero-order valence-corrected chi connectivity index (χ0v) is 11.9. The van der Waals surface area contributed by atoms with Crippen LogP contribution in [0.3, 0.4) is 0 Å². The summed E-state index contributed by atoms with van der Waals surface area (Å²) in [5.74, 6) is 0.801. The highest BCUT2D eigenvalue weighted by atomic mass is 16.4. The minimum absolute atomic E-state index is 0.0332. The zero-order valence-electron chi connectivity index (χ0n) is 11.9. The van der Waals surface area contributed by atoms with Crippen molar-refractivity contribution in [3.05, 3.63) is 0 Å². The largest absolute Gasteiger partial charge is 0.409 e. The second-order valence-electron chi connectivity index (χ2n) is 5.53. The summed E-state index contributed by atoms with van der Waals surface area (Å²) in [5, 5.41) is 14.5. The van der Waals surface area contributed by atoms with E-state index < -0.39 is 0 Å². The molecule has 0 saturated heterocycles. The van der Waals surface area contributed by atoms with E-state index in [0.717, 1.165) is 6.42 Å². The molecule has 1 amide bonds. The van der Waals surface area contributed by atoms with Crippen molar-refractivity contribution in [1.82, 2.24) is 5.32 Å². The molecule has 1 unspecified atom stereocenters. The summed E-state index contributed by atoms with van der Waals surface area (Å²) in [5.41, 5.74) is 5.48. The monoisotopic (exact) mass is 269 g/mol. The van der Waals surface area contributed by atoms with Crippen LogP contribution in [-0.4, -0.2) is 23.0 Å². The highest BCUT2D eigenvalue weighted by Crippen LogP contribution is 2.25. The number of carbonyl (C=O) groups excluding carboxylic acids is 1. The Morgan fingerprint density at radius 2 is 2.00 bits per heavy atom. The van der Waals surface area contributed by atoms with E-state index >= 15 is 0 Å². The lowest BCUT2D eigenvalue weighted by atomic mass is 9.96.